The van der Waals surface area contributed by atoms with Gasteiger partial charge in [0, 0.05) is 18.2 Å². The molecule has 1 aliphatic rings. The Balaban J connectivity index is 0.000000281. The van der Waals surface area contributed by atoms with Crippen LogP contribution in [0.3, 0.4) is 0 Å². The monoisotopic (exact) mass is 229 g/mol. The summed E-state index contributed by atoms with van der Waals surface area (Å²) in [4.78, 5) is 19.1. The number of carboxylic acids is 2. The molecule has 0 saturated carbocycles. The summed E-state index contributed by atoms with van der Waals surface area (Å²) in [6, 6.07) is 0.775. The maximum Gasteiger partial charge on any atom is 0.328 e. The van der Waals surface area contributed by atoms with E-state index < -0.39 is 11.9 Å². The molecule has 0 amide bonds. The SMILES string of the molecule is CC1CCCCCN1.O=C(O)/C=C\C(=O)O. The molecule has 5 nitrogen and oxygen atoms in total. The average Bonchev–Trinajstić information content (AvgIpc) is 2.44. The van der Waals surface area contributed by atoms with Gasteiger partial charge in [0.1, 0.15) is 0 Å². The van der Waals surface area contributed by atoms with E-state index in [1.807, 2.05) is 0 Å². The molecule has 0 spiro atoms. The van der Waals surface area contributed by atoms with Gasteiger partial charge in [-0.2, -0.15) is 0 Å². The molecule has 1 aliphatic heterocycles. The Kier molecular flexibility index (Phi) is 8.15. The zero-order valence-corrected chi connectivity index (χ0v) is 9.48. The van der Waals surface area contributed by atoms with Gasteiger partial charge < -0.3 is 15.5 Å². The minimum Gasteiger partial charge on any atom is -0.478 e. The molecule has 5 heteroatoms. The van der Waals surface area contributed by atoms with Gasteiger partial charge in [-0.1, -0.05) is 12.8 Å². The van der Waals surface area contributed by atoms with Crippen molar-refractivity contribution in [2.75, 3.05) is 6.54 Å². The molecule has 0 aromatic carbocycles. The van der Waals surface area contributed by atoms with Gasteiger partial charge in [0.15, 0.2) is 0 Å². The van der Waals surface area contributed by atoms with Gasteiger partial charge in [-0.15, -0.1) is 0 Å². The van der Waals surface area contributed by atoms with E-state index in [1.54, 1.807) is 0 Å². The van der Waals surface area contributed by atoms with Crippen LogP contribution in [-0.4, -0.2) is 34.7 Å². The topological polar surface area (TPSA) is 86.6 Å². The van der Waals surface area contributed by atoms with Crippen molar-refractivity contribution < 1.29 is 19.8 Å². The van der Waals surface area contributed by atoms with Crippen molar-refractivity contribution in [2.24, 2.45) is 0 Å². The van der Waals surface area contributed by atoms with E-state index in [-0.39, 0.29) is 0 Å². The first kappa shape index (κ1) is 14.6. The van der Waals surface area contributed by atoms with Crippen LogP contribution in [0.1, 0.15) is 32.6 Å². The van der Waals surface area contributed by atoms with E-state index in [0.29, 0.717) is 12.2 Å². The average molecular weight is 229 g/mol. The van der Waals surface area contributed by atoms with Crippen molar-refractivity contribution in [3.05, 3.63) is 12.2 Å². The van der Waals surface area contributed by atoms with Crippen LogP contribution >= 0.6 is 0 Å². The maximum atomic E-state index is 9.55. The number of hydrogen-bond donors (Lipinski definition) is 3. The Hall–Kier alpha value is -1.36. The van der Waals surface area contributed by atoms with E-state index in [4.69, 9.17) is 10.2 Å². The van der Waals surface area contributed by atoms with E-state index in [1.165, 1.54) is 32.2 Å². The molecule has 0 aromatic rings. The predicted molar refractivity (Wildman–Crippen MR) is 60.3 cm³/mol. The van der Waals surface area contributed by atoms with Gasteiger partial charge in [-0.05, 0) is 26.3 Å². The Morgan fingerprint density at radius 2 is 1.69 bits per heavy atom. The molecule has 1 fully saturated rings. The molecule has 1 heterocycles. The first-order valence-corrected chi connectivity index (χ1v) is 5.39. The third-order valence-corrected chi connectivity index (χ3v) is 2.18. The summed E-state index contributed by atoms with van der Waals surface area (Å²) in [5, 5.41) is 19.1. The summed E-state index contributed by atoms with van der Waals surface area (Å²) in [5.74, 6) is -2.51. The highest BCUT2D eigenvalue weighted by molar-refractivity contribution is 5.89. The lowest BCUT2D eigenvalue weighted by Crippen LogP contribution is -2.24. The molecule has 3 N–H and O–H groups in total. The lowest BCUT2D eigenvalue weighted by Gasteiger charge is -2.06. The molecule has 1 saturated heterocycles. The normalized spacial score (nSPS) is 20.7. The fraction of sp³-hybridized carbons (Fsp3) is 0.636. The Morgan fingerprint density at radius 3 is 2.19 bits per heavy atom. The molecule has 0 radical (unpaired) electrons. The van der Waals surface area contributed by atoms with Crippen molar-refractivity contribution in [3.63, 3.8) is 0 Å². The van der Waals surface area contributed by atoms with Crippen LogP contribution in [-0.2, 0) is 9.59 Å². The lowest BCUT2D eigenvalue weighted by atomic mass is 10.1. The Morgan fingerprint density at radius 1 is 1.12 bits per heavy atom. The summed E-state index contributed by atoms with van der Waals surface area (Å²) in [7, 11) is 0. The van der Waals surface area contributed by atoms with Crippen molar-refractivity contribution in [2.45, 2.75) is 38.6 Å². The fourth-order valence-corrected chi connectivity index (χ4v) is 1.35. The maximum absolute atomic E-state index is 9.55. The van der Waals surface area contributed by atoms with Crippen LogP contribution in [0.5, 0.6) is 0 Å². The Bertz CT molecular complexity index is 226. The van der Waals surface area contributed by atoms with Crippen LogP contribution in [0.4, 0.5) is 0 Å². The first-order valence-electron chi connectivity index (χ1n) is 5.39. The third-order valence-electron chi connectivity index (χ3n) is 2.18. The second kappa shape index (κ2) is 8.91. The van der Waals surface area contributed by atoms with Gasteiger partial charge in [0.2, 0.25) is 0 Å². The van der Waals surface area contributed by atoms with Gasteiger partial charge in [-0.3, -0.25) is 0 Å². The van der Waals surface area contributed by atoms with E-state index in [0.717, 1.165) is 6.04 Å². The minimum atomic E-state index is -1.26. The molecule has 0 aliphatic carbocycles. The number of hydrogen-bond acceptors (Lipinski definition) is 3. The van der Waals surface area contributed by atoms with E-state index in [9.17, 15) is 9.59 Å². The van der Waals surface area contributed by atoms with Crippen LogP contribution < -0.4 is 5.32 Å². The molecule has 0 aromatic heterocycles. The first-order chi connectivity index (χ1) is 7.52. The van der Waals surface area contributed by atoms with Crippen LogP contribution in [0, 0.1) is 0 Å². The van der Waals surface area contributed by atoms with Crippen molar-refractivity contribution in [3.8, 4) is 0 Å². The molecular weight excluding hydrogens is 210 g/mol. The second-order valence-electron chi connectivity index (χ2n) is 3.71. The summed E-state index contributed by atoms with van der Waals surface area (Å²) in [6.45, 7) is 3.51. The molecular formula is C11H19NO4. The fourth-order valence-electron chi connectivity index (χ4n) is 1.35. The van der Waals surface area contributed by atoms with Crippen LogP contribution in [0.15, 0.2) is 12.2 Å². The van der Waals surface area contributed by atoms with E-state index in [2.05, 4.69) is 12.2 Å². The van der Waals surface area contributed by atoms with Crippen LogP contribution in [0.2, 0.25) is 0 Å². The van der Waals surface area contributed by atoms with Gasteiger partial charge in [0.25, 0.3) is 0 Å². The summed E-state index contributed by atoms with van der Waals surface area (Å²) >= 11 is 0. The van der Waals surface area contributed by atoms with Crippen LogP contribution in [0.25, 0.3) is 0 Å². The summed E-state index contributed by atoms with van der Waals surface area (Å²) < 4.78 is 0. The molecule has 16 heavy (non-hydrogen) atoms. The highest BCUT2D eigenvalue weighted by atomic mass is 16.4. The number of carboxylic acid groups (broad SMARTS) is 2. The molecule has 92 valence electrons. The van der Waals surface area contributed by atoms with E-state index >= 15 is 0 Å². The minimum absolute atomic E-state index is 0.558. The van der Waals surface area contributed by atoms with Crippen molar-refractivity contribution >= 4 is 11.9 Å². The zero-order chi connectivity index (χ0) is 12.4. The third kappa shape index (κ3) is 10.7. The summed E-state index contributed by atoms with van der Waals surface area (Å²) in [5.41, 5.74) is 0. The number of carbonyl (C=O) groups is 2. The molecule has 0 bridgehead atoms. The molecule has 1 unspecified atom stereocenters. The smallest absolute Gasteiger partial charge is 0.328 e. The lowest BCUT2D eigenvalue weighted by molar-refractivity contribution is -0.134. The van der Waals surface area contributed by atoms with Crippen molar-refractivity contribution in [1.29, 1.82) is 0 Å². The van der Waals surface area contributed by atoms with Gasteiger partial charge in [0.05, 0.1) is 0 Å². The molecule has 1 rings (SSSR count). The highest BCUT2D eigenvalue weighted by Crippen LogP contribution is 2.06. The molecule has 1 atom stereocenters. The zero-order valence-electron chi connectivity index (χ0n) is 9.48. The van der Waals surface area contributed by atoms with Gasteiger partial charge >= 0.3 is 11.9 Å². The van der Waals surface area contributed by atoms with Crippen molar-refractivity contribution in [1.82, 2.24) is 5.32 Å². The number of aliphatic carboxylic acids is 2. The number of nitrogens with one attached hydrogen (secondary N) is 1. The quantitative estimate of drug-likeness (QED) is 0.620. The second-order valence-corrected chi connectivity index (χ2v) is 3.71. The number of rotatable bonds is 2. The summed E-state index contributed by atoms with van der Waals surface area (Å²) in [6.07, 6.45) is 6.72. The highest BCUT2D eigenvalue weighted by Gasteiger charge is 2.03. The van der Waals surface area contributed by atoms with Gasteiger partial charge in [-0.25, -0.2) is 9.59 Å². The standard InChI is InChI=1S/C7H15N.C4H4O4/c1-7-5-3-2-4-6-8-7;5-3(6)1-2-4(7)8/h7-8H,2-6H2,1H3;1-2H,(H,5,6)(H,7,8)/b;2-1-. The Labute approximate surface area is 95.2 Å². The predicted octanol–water partition coefficient (Wildman–Crippen LogP) is 1.25. The largest absolute Gasteiger partial charge is 0.478 e.